The van der Waals surface area contributed by atoms with Gasteiger partial charge >= 0.3 is 0 Å². The number of nitrogens with one attached hydrogen (secondary N) is 1. The van der Waals surface area contributed by atoms with Crippen LogP contribution in [0.15, 0.2) is 12.4 Å². The molecule has 0 aromatic carbocycles. The second-order valence-corrected chi connectivity index (χ2v) is 6.21. The maximum Gasteiger partial charge on any atom is 0.223 e. The molecular formula is C15H23N3O3. The van der Waals surface area contributed by atoms with E-state index in [1.807, 2.05) is 13.2 Å². The number of aliphatic hydroxyl groups is 1. The lowest BCUT2D eigenvalue weighted by atomic mass is 9.75. The molecule has 0 spiro atoms. The first-order valence-electron chi connectivity index (χ1n) is 7.68. The lowest BCUT2D eigenvalue weighted by Crippen LogP contribution is -2.44. The summed E-state index contributed by atoms with van der Waals surface area (Å²) in [6.07, 6.45) is 6.59. The van der Waals surface area contributed by atoms with Crippen LogP contribution in [0.4, 0.5) is 0 Å². The Bertz CT molecular complexity index is 490. The van der Waals surface area contributed by atoms with E-state index in [0.29, 0.717) is 19.1 Å². The fourth-order valence-electron chi connectivity index (χ4n) is 3.21. The number of amides is 1. The van der Waals surface area contributed by atoms with E-state index in [1.54, 1.807) is 10.9 Å². The summed E-state index contributed by atoms with van der Waals surface area (Å²) in [6, 6.07) is -0.0440. The Balaban J connectivity index is 1.68. The minimum absolute atomic E-state index is 0.0440. The summed E-state index contributed by atoms with van der Waals surface area (Å²) >= 11 is 0. The molecule has 0 bridgehead atoms. The Kier molecular flexibility index (Phi) is 4.26. The number of nitrogens with zero attached hydrogens (tertiary/aromatic N) is 2. The van der Waals surface area contributed by atoms with Gasteiger partial charge in [0.15, 0.2) is 0 Å². The number of carbonyl (C=O) groups excluding carboxylic acids is 1. The van der Waals surface area contributed by atoms with Crippen LogP contribution >= 0.6 is 0 Å². The predicted octanol–water partition coefficient (Wildman–Crippen LogP) is 0.775. The van der Waals surface area contributed by atoms with Crippen molar-refractivity contribution < 1.29 is 14.6 Å². The van der Waals surface area contributed by atoms with E-state index in [-0.39, 0.29) is 24.0 Å². The first-order valence-corrected chi connectivity index (χ1v) is 7.68. The fourth-order valence-corrected chi connectivity index (χ4v) is 3.21. The molecule has 1 saturated carbocycles. The van der Waals surface area contributed by atoms with Gasteiger partial charge in [0.2, 0.25) is 5.91 Å². The highest BCUT2D eigenvalue weighted by molar-refractivity contribution is 5.79. The van der Waals surface area contributed by atoms with E-state index >= 15 is 0 Å². The van der Waals surface area contributed by atoms with Crippen molar-refractivity contribution in [3.05, 3.63) is 18.0 Å². The number of hydrogen-bond acceptors (Lipinski definition) is 4. The summed E-state index contributed by atoms with van der Waals surface area (Å²) in [5.41, 5.74) is 1.02. The van der Waals surface area contributed by atoms with Gasteiger partial charge in [0.1, 0.15) is 0 Å². The zero-order chi connectivity index (χ0) is 14.8. The van der Waals surface area contributed by atoms with Crippen molar-refractivity contribution >= 4 is 5.91 Å². The Morgan fingerprint density at radius 1 is 1.48 bits per heavy atom. The predicted molar refractivity (Wildman–Crippen MR) is 76.4 cm³/mol. The van der Waals surface area contributed by atoms with Gasteiger partial charge in [0.05, 0.1) is 18.3 Å². The topological polar surface area (TPSA) is 76.4 Å². The fraction of sp³-hybridized carbons (Fsp3) is 0.733. The molecule has 1 saturated heterocycles. The SMILES string of the molecule is Cn1cc(C(NC(=O)C2CCOCC2)C2CC(O)C2)cn1. The van der Waals surface area contributed by atoms with Gasteiger partial charge in [-0.25, -0.2) is 0 Å². The zero-order valence-corrected chi connectivity index (χ0v) is 12.4. The second-order valence-electron chi connectivity index (χ2n) is 6.21. The molecule has 0 radical (unpaired) electrons. The Labute approximate surface area is 124 Å². The molecular weight excluding hydrogens is 270 g/mol. The quantitative estimate of drug-likeness (QED) is 0.860. The summed E-state index contributed by atoms with van der Waals surface area (Å²) in [7, 11) is 1.87. The van der Waals surface area contributed by atoms with E-state index in [9.17, 15) is 9.90 Å². The van der Waals surface area contributed by atoms with Gasteiger partial charge < -0.3 is 15.2 Å². The largest absolute Gasteiger partial charge is 0.393 e. The molecule has 6 heteroatoms. The van der Waals surface area contributed by atoms with Crippen LogP contribution < -0.4 is 5.32 Å². The maximum absolute atomic E-state index is 12.5. The molecule has 1 aliphatic heterocycles. The van der Waals surface area contributed by atoms with Gasteiger partial charge in [-0.3, -0.25) is 9.48 Å². The van der Waals surface area contributed by atoms with Gasteiger partial charge in [0.25, 0.3) is 0 Å². The van der Waals surface area contributed by atoms with Crippen LogP contribution in [0.25, 0.3) is 0 Å². The molecule has 2 heterocycles. The first kappa shape index (κ1) is 14.5. The van der Waals surface area contributed by atoms with Crippen LogP contribution in [0.3, 0.4) is 0 Å². The normalized spacial score (nSPS) is 27.9. The van der Waals surface area contributed by atoms with Crippen molar-refractivity contribution in [2.45, 2.75) is 37.8 Å². The molecule has 1 aromatic heterocycles. The van der Waals surface area contributed by atoms with E-state index in [2.05, 4.69) is 10.4 Å². The smallest absolute Gasteiger partial charge is 0.223 e. The minimum Gasteiger partial charge on any atom is -0.393 e. The molecule has 2 N–H and O–H groups in total. The molecule has 1 atom stereocenters. The molecule has 1 aromatic rings. The number of aliphatic hydroxyl groups excluding tert-OH is 1. The number of rotatable bonds is 4. The third-order valence-electron chi connectivity index (χ3n) is 4.59. The highest BCUT2D eigenvalue weighted by Crippen LogP contribution is 2.38. The Morgan fingerprint density at radius 3 is 2.76 bits per heavy atom. The number of hydrogen-bond donors (Lipinski definition) is 2. The number of ether oxygens (including phenoxy) is 1. The second kappa shape index (κ2) is 6.15. The van der Waals surface area contributed by atoms with Crippen LogP contribution in [0.2, 0.25) is 0 Å². The van der Waals surface area contributed by atoms with Gasteiger partial charge in [-0.15, -0.1) is 0 Å². The van der Waals surface area contributed by atoms with Crippen molar-refractivity contribution in [2.24, 2.45) is 18.9 Å². The van der Waals surface area contributed by atoms with E-state index in [0.717, 1.165) is 31.2 Å². The van der Waals surface area contributed by atoms with Crippen molar-refractivity contribution in [3.63, 3.8) is 0 Å². The summed E-state index contributed by atoms with van der Waals surface area (Å²) in [6.45, 7) is 1.33. The highest BCUT2D eigenvalue weighted by Gasteiger charge is 2.37. The van der Waals surface area contributed by atoms with E-state index in [4.69, 9.17) is 4.74 Å². The number of aryl methyl sites for hydroxylation is 1. The van der Waals surface area contributed by atoms with Crippen LogP contribution in [-0.2, 0) is 16.6 Å². The van der Waals surface area contributed by atoms with Crippen LogP contribution in [0.1, 0.15) is 37.3 Å². The summed E-state index contributed by atoms with van der Waals surface area (Å²) in [5.74, 6) is 0.449. The zero-order valence-electron chi connectivity index (χ0n) is 12.4. The molecule has 2 fully saturated rings. The van der Waals surface area contributed by atoms with Gasteiger partial charge in [0, 0.05) is 37.9 Å². The van der Waals surface area contributed by atoms with Crippen LogP contribution in [0, 0.1) is 11.8 Å². The third-order valence-corrected chi connectivity index (χ3v) is 4.59. The van der Waals surface area contributed by atoms with Crippen molar-refractivity contribution in [2.75, 3.05) is 13.2 Å². The van der Waals surface area contributed by atoms with E-state index in [1.165, 1.54) is 0 Å². The molecule has 1 unspecified atom stereocenters. The molecule has 116 valence electrons. The average molecular weight is 293 g/mol. The van der Waals surface area contributed by atoms with E-state index < -0.39 is 0 Å². The van der Waals surface area contributed by atoms with Gasteiger partial charge in [-0.05, 0) is 31.6 Å². The van der Waals surface area contributed by atoms with Crippen molar-refractivity contribution in [1.29, 1.82) is 0 Å². The first-order chi connectivity index (χ1) is 10.1. The van der Waals surface area contributed by atoms with Crippen LogP contribution in [0.5, 0.6) is 0 Å². The molecule has 6 nitrogen and oxygen atoms in total. The number of carbonyl (C=O) groups is 1. The number of aromatic nitrogens is 2. The molecule has 3 rings (SSSR count). The van der Waals surface area contributed by atoms with Crippen molar-refractivity contribution in [3.8, 4) is 0 Å². The molecule has 2 aliphatic rings. The summed E-state index contributed by atoms with van der Waals surface area (Å²) in [4.78, 5) is 12.5. The molecule has 1 aliphatic carbocycles. The summed E-state index contributed by atoms with van der Waals surface area (Å²) < 4.78 is 7.06. The molecule has 1 amide bonds. The lowest BCUT2D eigenvalue weighted by molar-refractivity contribution is -0.129. The standard InChI is InChI=1S/C15H23N3O3/c1-18-9-12(8-16-18)14(11-6-13(19)7-11)17-15(20)10-2-4-21-5-3-10/h8-11,13-14,19H,2-7H2,1H3,(H,17,20). The van der Waals surface area contributed by atoms with Crippen LogP contribution in [-0.4, -0.2) is 40.1 Å². The third kappa shape index (κ3) is 3.27. The average Bonchev–Trinajstić information content (AvgIpc) is 2.89. The maximum atomic E-state index is 12.5. The minimum atomic E-state index is -0.228. The molecule has 21 heavy (non-hydrogen) atoms. The van der Waals surface area contributed by atoms with Crippen molar-refractivity contribution in [1.82, 2.24) is 15.1 Å². The van der Waals surface area contributed by atoms with Gasteiger partial charge in [-0.1, -0.05) is 0 Å². The lowest BCUT2D eigenvalue weighted by Gasteiger charge is -2.38. The van der Waals surface area contributed by atoms with Gasteiger partial charge in [-0.2, -0.15) is 5.10 Å². The summed E-state index contributed by atoms with van der Waals surface area (Å²) in [5, 5.41) is 16.9. The monoisotopic (exact) mass is 293 g/mol. The highest BCUT2D eigenvalue weighted by atomic mass is 16.5. The Morgan fingerprint density at radius 2 is 2.19 bits per heavy atom. The Hall–Kier alpha value is -1.40.